The second kappa shape index (κ2) is 6.40. The Morgan fingerprint density at radius 2 is 2.00 bits per heavy atom. The van der Waals surface area contributed by atoms with Crippen LogP contribution in [0.5, 0.6) is 0 Å². The molecule has 2 aliphatic carbocycles. The van der Waals surface area contributed by atoms with E-state index in [1.54, 1.807) is 0 Å². The highest BCUT2D eigenvalue weighted by atomic mass is 79.9. The summed E-state index contributed by atoms with van der Waals surface area (Å²) in [5.41, 5.74) is 0. The first-order chi connectivity index (χ1) is 8.71. The molecule has 2 nitrogen and oxygen atoms in total. The van der Waals surface area contributed by atoms with E-state index in [2.05, 4.69) is 34.7 Å². The average molecular weight is 316 g/mol. The van der Waals surface area contributed by atoms with Gasteiger partial charge in [-0.05, 0) is 43.9 Å². The number of rotatable bonds is 6. The standard InChI is InChI=1S/C15H26BrNO/c1-3-13(4-2)17(8-7-16)15(18)14-10-11-5-6-12(14)9-11/h11-14H,3-10H2,1-2H3. The fraction of sp³-hybridized carbons (Fsp3) is 0.933. The van der Waals surface area contributed by atoms with Gasteiger partial charge in [-0.1, -0.05) is 36.2 Å². The predicted octanol–water partition coefficient (Wildman–Crippen LogP) is 3.83. The van der Waals surface area contributed by atoms with E-state index in [0.29, 0.717) is 23.8 Å². The van der Waals surface area contributed by atoms with Crippen LogP contribution in [-0.4, -0.2) is 28.7 Å². The summed E-state index contributed by atoms with van der Waals surface area (Å²) < 4.78 is 0. The largest absolute Gasteiger partial charge is 0.339 e. The molecule has 0 aromatic heterocycles. The van der Waals surface area contributed by atoms with Crippen molar-refractivity contribution in [3.63, 3.8) is 0 Å². The van der Waals surface area contributed by atoms with Crippen molar-refractivity contribution >= 4 is 21.8 Å². The zero-order valence-corrected chi connectivity index (χ0v) is 13.3. The highest BCUT2D eigenvalue weighted by molar-refractivity contribution is 9.09. The van der Waals surface area contributed by atoms with Gasteiger partial charge in [0.25, 0.3) is 0 Å². The third-order valence-corrected chi connectivity index (χ3v) is 5.40. The SMILES string of the molecule is CCC(CC)N(CCBr)C(=O)C1CC2CCC1C2. The Hall–Kier alpha value is -0.0500. The quantitative estimate of drug-likeness (QED) is 0.682. The number of fused-ring (bicyclic) bond motifs is 2. The maximum absolute atomic E-state index is 12.8. The third-order valence-electron chi connectivity index (χ3n) is 5.05. The lowest BCUT2D eigenvalue weighted by molar-refractivity contribution is -0.139. The molecule has 2 saturated carbocycles. The first-order valence-electron chi connectivity index (χ1n) is 7.57. The molecular formula is C15H26BrNO. The van der Waals surface area contributed by atoms with Gasteiger partial charge in [0.1, 0.15) is 0 Å². The molecule has 0 radical (unpaired) electrons. The number of amides is 1. The Bertz CT molecular complexity index is 290. The zero-order chi connectivity index (χ0) is 13.1. The van der Waals surface area contributed by atoms with Gasteiger partial charge in [0.15, 0.2) is 0 Å². The maximum Gasteiger partial charge on any atom is 0.226 e. The fourth-order valence-corrected chi connectivity index (χ4v) is 4.44. The first-order valence-corrected chi connectivity index (χ1v) is 8.69. The molecule has 3 atom stereocenters. The van der Waals surface area contributed by atoms with Crippen molar-refractivity contribution in [3.8, 4) is 0 Å². The summed E-state index contributed by atoms with van der Waals surface area (Å²) in [4.78, 5) is 15.0. The molecular weight excluding hydrogens is 290 g/mol. The molecule has 0 aromatic carbocycles. The molecule has 0 aliphatic heterocycles. The van der Waals surface area contributed by atoms with E-state index >= 15 is 0 Å². The lowest BCUT2D eigenvalue weighted by Gasteiger charge is -2.34. The molecule has 3 heteroatoms. The topological polar surface area (TPSA) is 20.3 Å². The molecule has 2 aliphatic rings. The Kier molecular flexibility index (Phi) is 5.11. The molecule has 2 fully saturated rings. The molecule has 18 heavy (non-hydrogen) atoms. The van der Waals surface area contributed by atoms with Crippen molar-refractivity contribution in [3.05, 3.63) is 0 Å². The van der Waals surface area contributed by atoms with Crippen LogP contribution in [0.25, 0.3) is 0 Å². The van der Waals surface area contributed by atoms with Gasteiger partial charge in [0, 0.05) is 23.8 Å². The summed E-state index contributed by atoms with van der Waals surface area (Å²) in [5.74, 6) is 2.37. The van der Waals surface area contributed by atoms with Crippen LogP contribution in [0.15, 0.2) is 0 Å². The number of carbonyl (C=O) groups excluding carboxylic acids is 1. The van der Waals surface area contributed by atoms with E-state index in [1.807, 2.05) is 0 Å². The fourth-order valence-electron chi connectivity index (χ4n) is 4.05. The molecule has 2 rings (SSSR count). The van der Waals surface area contributed by atoms with Crippen LogP contribution in [0.3, 0.4) is 0 Å². The van der Waals surface area contributed by atoms with Gasteiger partial charge >= 0.3 is 0 Å². The van der Waals surface area contributed by atoms with Crippen molar-refractivity contribution in [1.82, 2.24) is 4.90 Å². The summed E-state index contributed by atoms with van der Waals surface area (Å²) in [6.45, 7) is 5.27. The summed E-state index contributed by atoms with van der Waals surface area (Å²) in [5, 5.41) is 0.899. The van der Waals surface area contributed by atoms with Gasteiger partial charge < -0.3 is 4.90 Å². The molecule has 0 aromatic rings. The average Bonchev–Trinajstić information content (AvgIpc) is 3.00. The van der Waals surface area contributed by atoms with Crippen LogP contribution in [0.4, 0.5) is 0 Å². The Balaban J connectivity index is 2.03. The Labute approximate surface area is 120 Å². The van der Waals surface area contributed by atoms with Gasteiger partial charge in [-0.3, -0.25) is 4.79 Å². The summed E-state index contributed by atoms with van der Waals surface area (Å²) in [6, 6.07) is 0.439. The normalized spacial score (nSPS) is 30.1. The number of alkyl halides is 1. The van der Waals surface area contributed by atoms with E-state index < -0.39 is 0 Å². The van der Waals surface area contributed by atoms with Crippen molar-refractivity contribution < 1.29 is 4.79 Å². The Morgan fingerprint density at radius 3 is 2.44 bits per heavy atom. The van der Waals surface area contributed by atoms with Gasteiger partial charge in [-0.25, -0.2) is 0 Å². The lowest BCUT2D eigenvalue weighted by atomic mass is 9.87. The van der Waals surface area contributed by atoms with Crippen molar-refractivity contribution in [2.75, 3.05) is 11.9 Å². The van der Waals surface area contributed by atoms with Crippen molar-refractivity contribution in [1.29, 1.82) is 0 Å². The number of hydrogen-bond donors (Lipinski definition) is 0. The van der Waals surface area contributed by atoms with E-state index in [9.17, 15) is 4.79 Å². The molecule has 0 spiro atoms. The second-order valence-electron chi connectivity index (χ2n) is 5.97. The lowest BCUT2D eigenvalue weighted by Crippen LogP contribution is -2.45. The van der Waals surface area contributed by atoms with Crippen molar-refractivity contribution in [2.45, 2.75) is 58.4 Å². The minimum absolute atomic E-state index is 0.350. The molecule has 1 amide bonds. The molecule has 104 valence electrons. The molecule has 2 bridgehead atoms. The first kappa shape index (κ1) is 14.4. The number of nitrogens with zero attached hydrogens (tertiary/aromatic N) is 1. The van der Waals surface area contributed by atoms with Crippen molar-refractivity contribution in [2.24, 2.45) is 17.8 Å². The van der Waals surface area contributed by atoms with E-state index in [0.717, 1.165) is 30.6 Å². The molecule has 0 heterocycles. The van der Waals surface area contributed by atoms with Gasteiger partial charge in [-0.15, -0.1) is 0 Å². The number of halogens is 1. The van der Waals surface area contributed by atoms with Crippen LogP contribution in [0.2, 0.25) is 0 Å². The number of carbonyl (C=O) groups is 1. The Morgan fingerprint density at radius 1 is 1.28 bits per heavy atom. The van der Waals surface area contributed by atoms with Crippen LogP contribution in [0, 0.1) is 17.8 Å². The molecule has 0 N–H and O–H groups in total. The van der Waals surface area contributed by atoms with Crippen LogP contribution < -0.4 is 0 Å². The van der Waals surface area contributed by atoms with Gasteiger partial charge in [0.05, 0.1) is 0 Å². The smallest absolute Gasteiger partial charge is 0.226 e. The maximum atomic E-state index is 12.8. The highest BCUT2D eigenvalue weighted by Gasteiger charge is 2.44. The highest BCUT2D eigenvalue weighted by Crippen LogP contribution is 2.49. The van der Waals surface area contributed by atoms with Gasteiger partial charge in [-0.2, -0.15) is 0 Å². The van der Waals surface area contributed by atoms with Crippen LogP contribution >= 0.6 is 15.9 Å². The second-order valence-corrected chi connectivity index (χ2v) is 6.77. The molecule has 3 unspecified atom stereocenters. The predicted molar refractivity (Wildman–Crippen MR) is 78.8 cm³/mol. The summed E-state index contributed by atoms with van der Waals surface area (Å²) in [6.07, 6.45) is 7.32. The zero-order valence-electron chi connectivity index (χ0n) is 11.7. The van der Waals surface area contributed by atoms with E-state index in [4.69, 9.17) is 0 Å². The third kappa shape index (κ3) is 2.76. The van der Waals surface area contributed by atoms with Crippen LogP contribution in [-0.2, 0) is 4.79 Å². The summed E-state index contributed by atoms with van der Waals surface area (Å²) in [7, 11) is 0. The van der Waals surface area contributed by atoms with Gasteiger partial charge in [0.2, 0.25) is 5.91 Å². The van der Waals surface area contributed by atoms with E-state index in [1.165, 1.54) is 25.7 Å². The van der Waals surface area contributed by atoms with E-state index in [-0.39, 0.29) is 0 Å². The minimum Gasteiger partial charge on any atom is -0.339 e. The summed E-state index contributed by atoms with van der Waals surface area (Å²) >= 11 is 3.50. The number of hydrogen-bond acceptors (Lipinski definition) is 1. The van der Waals surface area contributed by atoms with Crippen LogP contribution in [0.1, 0.15) is 52.4 Å². The molecule has 0 saturated heterocycles. The monoisotopic (exact) mass is 315 g/mol. The minimum atomic E-state index is 0.350.